The summed E-state index contributed by atoms with van der Waals surface area (Å²) in [5.74, 6) is 1.30. The molecule has 0 heterocycles. The highest BCUT2D eigenvalue weighted by Gasteiger charge is 2.16. The molecule has 0 unspecified atom stereocenters. The van der Waals surface area contributed by atoms with Gasteiger partial charge in [0, 0.05) is 43.0 Å². The standard InChI is InChI=1S/C13H18F/c1-3-5-11(6-4-2)12-7-9-13(14)10-8-12/h7-10H,3-6H2,1-2H3/q+1. The number of benzene rings is 1. The highest BCUT2D eigenvalue weighted by molar-refractivity contribution is 5.30. The lowest BCUT2D eigenvalue weighted by atomic mass is 9.90. The Bertz CT molecular complexity index is 244. The molecule has 0 aromatic heterocycles. The summed E-state index contributed by atoms with van der Waals surface area (Å²) in [6.45, 7) is 4.36. The van der Waals surface area contributed by atoms with Crippen LogP contribution in [0.25, 0.3) is 0 Å². The van der Waals surface area contributed by atoms with E-state index in [-0.39, 0.29) is 5.82 Å². The Morgan fingerprint density at radius 2 is 1.50 bits per heavy atom. The van der Waals surface area contributed by atoms with Gasteiger partial charge in [-0.15, -0.1) is 0 Å². The summed E-state index contributed by atoms with van der Waals surface area (Å²) in [7, 11) is 0. The summed E-state index contributed by atoms with van der Waals surface area (Å²) >= 11 is 0. The van der Waals surface area contributed by atoms with Crippen molar-refractivity contribution in [3.63, 3.8) is 0 Å². The maximum atomic E-state index is 12.7. The van der Waals surface area contributed by atoms with Gasteiger partial charge < -0.3 is 0 Å². The van der Waals surface area contributed by atoms with Crippen LogP contribution in [-0.4, -0.2) is 0 Å². The highest BCUT2D eigenvalue weighted by atomic mass is 19.1. The van der Waals surface area contributed by atoms with E-state index in [2.05, 4.69) is 13.8 Å². The third kappa shape index (κ3) is 3.06. The van der Waals surface area contributed by atoms with Crippen molar-refractivity contribution in [2.45, 2.75) is 39.5 Å². The first-order valence-electron chi connectivity index (χ1n) is 5.38. The normalized spacial score (nSPS) is 10.2. The van der Waals surface area contributed by atoms with Crippen LogP contribution in [0.15, 0.2) is 24.3 Å². The average molecular weight is 193 g/mol. The molecule has 0 radical (unpaired) electrons. The van der Waals surface area contributed by atoms with Gasteiger partial charge in [0.15, 0.2) is 0 Å². The van der Waals surface area contributed by atoms with Gasteiger partial charge in [-0.25, -0.2) is 4.39 Å². The van der Waals surface area contributed by atoms with Crippen LogP contribution >= 0.6 is 0 Å². The van der Waals surface area contributed by atoms with Crippen LogP contribution in [-0.2, 0) is 0 Å². The molecule has 0 atom stereocenters. The molecule has 1 aromatic rings. The van der Waals surface area contributed by atoms with Crippen LogP contribution in [0.1, 0.15) is 45.1 Å². The summed E-state index contributed by atoms with van der Waals surface area (Å²) in [6, 6.07) is 6.85. The van der Waals surface area contributed by atoms with Crippen molar-refractivity contribution in [1.29, 1.82) is 0 Å². The zero-order chi connectivity index (χ0) is 10.4. The number of halogens is 1. The Kier molecular flexibility index (Phi) is 4.51. The molecule has 0 saturated heterocycles. The minimum Gasteiger partial charge on any atom is -0.204 e. The number of hydrogen-bond donors (Lipinski definition) is 0. The fraction of sp³-hybridized carbons (Fsp3) is 0.462. The lowest BCUT2D eigenvalue weighted by molar-refractivity contribution is 0.626. The molecule has 14 heavy (non-hydrogen) atoms. The maximum absolute atomic E-state index is 12.7. The molecule has 0 spiro atoms. The monoisotopic (exact) mass is 193 g/mol. The predicted octanol–water partition coefficient (Wildman–Crippen LogP) is 4.35. The van der Waals surface area contributed by atoms with E-state index in [0.29, 0.717) is 0 Å². The molecule has 0 nitrogen and oxygen atoms in total. The predicted molar refractivity (Wildman–Crippen MR) is 58.6 cm³/mol. The van der Waals surface area contributed by atoms with Crippen molar-refractivity contribution in [2.24, 2.45) is 0 Å². The molecule has 0 saturated carbocycles. The van der Waals surface area contributed by atoms with E-state index < -0.39 is 0 Å². The highest BCUT2D eigenvalue weighted by Crippen LogP contribution is 2.25. The van der Waals surface area contributed by atoms with Crippen LogP contribution in [0.5, 0.6) is 0 Å². The average Bonchev–Trinajstić information content (AvgIpc) is 2.19. The molecule has 0 aliphatic rings. The summed E-state index contributed by atoms with van der Waals surface area (Å²) in [5.41, 5.74) is 1.20. The van der Waals surface area contributed by atoms with Crippen molar-refractivity contribution >= 4 is 0 Å². The van der Waals surface area contributed by atoms with E-state index in [1.807, 2.05) is 12.1 Å². The topological polar surface area (TPSA) is 0 Å². The Hall–Kier alpha value is -0.980. The van der Waals surface area contributed by atoms with Crippen LogP contribution < -0.4 is 0 Å². The van der Waals surface area contributed by atoms with Crippen LogP contribution in [0.2, 0.25) is 0 Å². The van der Waals surface area contributed by atoms with Crippen molar-refractivity contribution in [2.75, 3.05) is 0 Å². The first kappa shape index (κ1) is 11.1. The SMILES string of the molecule is CCC[C+](CCC)c1ccc(F)cc1. The van der Waals surface area contributed by atoms with Gasteiger partial charge in [0.25, 0.3) is 0 Å². The third-order valence-corrected chi connectivity index (χ3v) is 2.36. The number of rotatable bonds is 5. The summed E-state index contributed by atoms with van der Waals surface area (Å²) in [6.07, 6.45) is 4.57. The second kappa shape index (κ2) is 5.69. The molecule has 0 aliphatic carbocycles. The fourth-order valence-electron chi connectivity index (χ4n) is 1.70. The molecular formula is C13H18F+. The van der Waals surface area contributed by atoms with E-state index in [4.69, 9.17) is 0 Å². The second-order valence-corrected chi connectivity index (χ2v) is 3.61. The largest absolute Gasteiger partial charge is 0.204 e. The van der Waals surface area contributed by atoms with Crippen molar-refractivity contribution in [1.82, 2.24) is 0 Å². The quantitative estimate of drug-likeness (QED) is 0.610. The fourth-order valence-corrected chi connectivity index (χ4v) is 1.70. The Labute approximate surface area is 86.2 Å². The molecule has 1 rings (SSSR count). The Balaban J connectivity index is 2.71. The lowest BCUT2D eigenvalue weighted by Crippen LogP contribution is -1.99. The van der Waals surface area contributed by atoms with Crippen LogP contribution in [0, 0.1) is 11.7 Å². The lowest BCUT2D eigenvalue weighted by Gasteiger charge is -2.07. The molecular weight excluding hydrogens is 175 g/mol. The maximum Gasteiger partial charge on any atom is 0.149 e. The minimum absolute atomic E-state index is 0.152. The van der Waals surface area contributed by atoms with E-state index in [0.717, 1.165) is 25.7 Å². The first-order valence-corrected chi connectivity index (χ1v) is 5.38. The molecule has 0 N–H and O–H groups in total. The van der Waals surface area contributed by atoms with E-state index in [1.165, 1.54) is 11.5 Å². The van der Waals surface area contributed by atoms with Crippen LogP contribution in [0.3, 0.4) is 0 Å². The van der Waals surface area contributed by atoms with Gasteiger partial charge in [-0.05, 0) is 12.8 Å². The molecule has 0 bridgehead atoms. The number of hydrogen-bond acceptors (Lipinski definition) is 0. The Morgan fingerprint density at radius 3 is 1.93 bits per heavy atom. The zero-order valence-electron chi connectivity index (χ0n) is 9.02. The van der Waals surface area contributed by atoms with Crippen molar-refractivity contribution in [3.8, 4) is 0 Å². The second-order valence-electron chi connectivity index (χ2n) is 3.61. The van der Waals surface area contributed by atoms with E-state index in [9.17, 15) is 4.39 Å². The Morgan fingerprint density at radius 1 is 1.00 bits per heavy atom. The summed E-state index contributed by atoms with van der Waals surface area (Å²) in [4.78, 5) is 0. The van der Waals surface area contributed by atoms with E-state index in [1.54, 1.807) is 12.1 Å². The smallest absolute Gasteiger partial charge is 0.149 e. The van der Waals surface area contributed by atoms with E-state index >= 15 is 0 Å². The molecule has 1 heteroatoms. The molecule has 0 fully saturated rings. The van der Waals surface area contributed by atoms with Gasteiger partial charge in [0.05, 0.1) is 0 Å². The molecule has 0 amide bonds. The first-order chi connectivity index (χ1) is 6.77. The molecule has 0 aliphatic heterocycles. The zero-order valence-corrected chi connectivity index (χ0v) is 9.02. The summed E-state index contributed by atoms with van der Waals surface area (Å²) < 4.78 is 12.7. The van der Waals surface area contributed by atoms with Gasteiger partial charge in [0.1, 0.15) is 11.4 Å². The molecule has 1 aromatic carbocycles. The summed E-state index contributed by atoms with van der Waals surface area (Å²) in [5, 5.41) is 0. The van der Waals surface area contributed by atoms with Gasteiger partial charge >= 0.3 is 0 Å². The minimum atomic E-state index is -0.152. The van der Waals surface area contributed by atoms with Crippen LogP contribution in [0.4, 0.5) is 4.39 Å². The van der Waals surface area contributed by atoms with Gasteiger partial charge in [-0.1, -0.05) is 13.8 Å². The van der Waals surface area contributed by atoms with Crippen molar-refractivity contribution < 1.29 is 4.39 Å². The van der Waals surface area contributed by atoms with Crippen molar-refractivity contribution in [3.05, 3.63) is 41.6 Å². The van der Waals surface area contributed by atoms with Gasteiger partial charge in [0.2, 0.25) is 0 Å². The van der Waals surface area contributed by atoms with Gasteiger partial charge in [-0.3, -0.25) is 0 Å². The van der Waals surface area contributed by atoms with Gasteiger partial charge in [-0.2, -0.15) is 0 Å². The third-order valence-electron chi connectivity index (χ3n) is 2.36. The molecule has 76 valence electrons.